The maximum absolute atomic E-state index is 11.6. The zero-order valence-electron chi connectivity index (χ0n) is 14.4. The van der Waals surface area contributed by atoms with Crippen LogP contribution in [0.15, 0.2) is 48.5 Å². The Kier molecular flexibility index (Phi) is 6.48. The third-order valence-corrected chi connectivity index (χ3v) is 5.08. The molecule has 4 heteroatoms. The monoisotopic (exact) mass is 357 g/mol. The maximum Gasteiger partial charge on any atom is 0.131 e. The van der Waals surface area contributed by atoms with Crippen molar-refractivity contribution in [3.05, 3.63) is 64.7 Å². The third kappa shape index (κ3) is 4.83. The van der Waals surface area contributed by atoms with Crippen LogP contribution in [0.2, 0.25) is 5.02 Å². The van der Waals surface area contributed by atoms with Crippen LogP contribution in [0.4, 0.5) is 0 Å². The molecule has 0 amide bonds. The van der Waals surface area contributed by atoms with Gasteiger partial charge in [0.05, 0.1) is 5.92 Å². The molecule has 0 aromatic heterocycles. The van der Waals surface area contributed by atoms with E-state index in [2.05, 4.69) is 4.90 Å². The smallest absolute Gasteiger partial charge is 0.131 e. The molecule has 0 aliphatic carbocycles. The number of halogens is 1. The molecule has 0 spiro atoms. The van der Waals surface area contributed by atoms with Crippen LogP contribution in [0.3, 0.4) is 0 Å². The van der Waals surface area contributed by atoms with Gasteiger partial charge in [0.2, 0.25) is 0 Å². The summed E-state index contributed by atoms with van der Waals surface area (Å²) in [5.41, 5.74) is 1.75. The van der Waals surface area contributed by atoms with Crippen LogP contribution in [-0.4, -0.2) is 37.4 Å². The molecule has 1 heterocycles. The molecule has 25 heavy (non-hydrogen) atoms. The summed E-state index contributed by atoms with van der Waals surface area (Å²) in [6.07, 6.45) is 4.88. The molecule has 3 rings (SSSR count). The van der Waals surface area contributed by atoms with Gasteiger partial charge in [0.1, 0.15) is 18.6 Å². The SMILES string of the molecule is O=CC(c1ccc(OCCN2CCCCC2)cc1)c1ccccc1Cl. The molecule has 2 aromatic rings. The molecule has 0 bridgehead atoms. The molecule has 1 unspecified atom stereocenters. The quantitative estimate of drug-likeness (QED) is 0.681. The summed E-state index contributed by atoms with van der Waals surface area (Å²) >= 11 is 6.23. The Labute approximate surface area is 154 Å². The van der Waals surface area contributed by atoms with Crippen LogP contribution in [0.5, 0.6) is 5.75 Å². The summed E-state index contributed by atoms with van der Waals surface area (Å²) in [5, 5.41) is 0.612. The summed E-state index contributed by atoms with van der Waals surface area (Å²) in [4.78, 5) is 14.1. The lowest BCUT2D eigenvalue weighted by Crippen LogP contribution is -2.33. The molecule has 0 saturated carbocycles. The summed E-state index contributed by atoms with van der Waals surface area (Å²) in [6.45, 7) is 4.03. The van der Waals surface area contributed by atoms with E-state index in [1.807, 2.05) is 48.5 Å². The van der Waals surface area contributed by atoms with Crippen molar-refractivity contribution in [2.24, 2.45) is 0 Å². The van der Waals surface area contributed by atoms with Crippen molar-refractivity contribution < 1.29 is 9.53 Å². The summed E-state index contributed by atoms with van der Waals surface area (Å²) in [6, 6.07) is 15.2. The van der Waals surface area contributed by atoms with E-state index in [-0.39, 0.29) is 5.92 Å². The van der Waals surface area contributed by atoms with E-state index in [0.29, 0.717) is 11.6 Å². The second-order valence-electron chi connectivity index (χ2n) is 6.46. The molecule has 132 valence electrons. The average molecular weight is 358 g/mol. The van der Waals surface area contributed by atoms with E-state index in [0.717, 1.165) is 29.7 Å². The van der Waals surface area contributed by atoms with E-state index < -0.39 is 0 Å². The molecular formula is C21H24ClNO2. The Morgan fingerprint density at radius 1 is 1.04 bits per heavy atom. The van der Waals surface area contributed by atoms with Gasteiger partial charge in [0.25, 0.3) is 0 Å². The molecular weight excluding hydrogens is 334 g/mol. The maximum atomic E-state index is 11.6. The standard InChI is InChI=1S/C21H24ClNO2/c22-21-7-3-2-6-19(21)20(16-24)17-8-10-18(11-9-17)25-15-14-23-12-4-1-5-13-23/h2-3,6-11,16,20H,1,4-5,12-15H2. The van der Waals surface area contributed by atoms with Gasteiger partial charge in [-0.05, 0) is 55.3 Å². The number of aldehydes is 1. The van der Waals surface area contributed by atoms with Crippen molar-refractivity contribution >= 4 is 17.9 Å². The van der Waals surface area contributed by atoms with E-state index >= 15 is 0 Å². The van der Waals surface area contributed by atoms with Crippen LogP contribution in [0.1, 0.15) is 36.3 Å². The minimum atomic E-state index is -0.351. The lowest BCUT2D eigenvalue weighted by atomic mass is 9.92. The number of piperidine rings is 1. The van der Waals surface area contributed by atoms with Crippen molar-refractivity contribution in [3.63, 3.8) is 0 Å². The second-order valence-corrected chi connectivity index (χ2v) is 6.86. The van der Waals surface area contributed by atoms with E-state index in [1.54, 1.807) is 0 Å². The molecule has 0 N–H and O–H groups in total. The van der Waals surface area contributed by atoms with Crippen LogP contribution in [0, 0.1) is 0 Å². The van der Waals surface area contributed by atoms with Crippen LogP contribution >= 0.6 is 11.6 Å². The highest BCUT2D eigenvalue weighted by Gasteiger charge is 2.16. The zero-order valence-corrected chi connectivity index (χ0v) is 15.1. The highest BCUT2D eigenvalue weighted by atomic mass is 35.5. The molecule has 0 radical (unpaired) electrons. The number of nitrogens with zero attached hydrogens (tertiary/aromatic N) is 1. The van der Waals surface area contributed by atoms with Gasteiger partial charge in [-0.3, -0.25) is 4.90 Å². The largest absolute Gasteiger partial charge is 0.492 e. The minimum Gasteiger partial charge on any atom is -0.492 e. The molecule has 2 aromatic carbocycles. The number of carbonyl (C=O) groups is 1. The number of ether oxygens (including phenoxy) is 1. The van der Waals surface area contributed by atoms with Gasteiger partial charge in [0, 0.05) is 11.6 Å². The predicted molar refractivity (Wildman–Crippen MR) is 102 cm³/mol. The Morgan fingerprint density at radius 2 is 1.76 bits per heavy atom. The normalized spacial score (nSPS) is 16.4. The van der Waals surface area contributed by atoms with Crippen molar-refractivity contribution in [2.75, 3.05) is 26.2 Å². The Balaban J connectivity index is 1.59. The van der Waals surface area contributed by atoms with Crippen molar-refractivity contribution in [1.29, 1.82) is 0 Å². The molecule has 1 aliphatic heterocycles. The van der Waals surface area contributed by atoms with Crippen molar-refractivity contribution in [2.45, 2.75) is 25.2 Å². The van der Waals surface area contributed by atoms with Crippen molar-refractivity contribution in [3.8, 4) is 5.75 Å². The van der Waals surface area contributed by atoms with Gasteiger partial charge < -0.3 is 9.53 Å². The lowest BCUT2D eigenvalue weighted by Gasteiger charge is -2.26. The second kappa shape index (κ2) is 9.02. The summed E-state index contributed by atoms with van der Waals surface area (Å²) in [7, 11) is 0. The van der Waals surface area contributed by atoms with Gasteiger partial charge in [-0.2, -0.15) is 0 Å². The predicted octanol–water partition coefficient (Wildman–Crippen LogP) is 4.54. The van der Waals surface area contributed by atoms with Crippen LogP contribution < -0.4 is 4.74 Å². The first kappa shape index (κ1) is 18.0. The van der Waals surface area contributed by atoms with Crippen molar-refractivity contribution in [1.82, 2.24) is 4.90 Å². The topological polar surface area (TPSA) is 29.5 Å². The first-order chi connectivity index (χ1) is 12.3. The summed E-state index contributed by atoms with van der Waals surface area (Å²) in [5.74, 6) is 0.487. The Hall–Kier alpha value is -1.84. The molecule has 1 aliphatic rings. The van der Waals surface area contributed by atoms with Gasteiger partial charge in [-0.15, -0.1) is 0 Å². The number of rotatable bonds is 7. The fourth-order valence-electron chi connectivity index (χ4n) is 3.31. The van der Waals surface area contributed by atoms with Gasteiger partial charge in [-0.25, -0.2) is 0 Å². The first-order valence-corrected chi connectivity index (χ1v) is 9.30. The fourth-order valence-corrected chi connectivity index (χ4v) is 3.56. The number of benzene rings is 2. The molecule has 3 nitrogen and oxygen atoms in total. The third-order valence-electron chi connectivity index (χ3n) is 4.74. The minimum absolute atomic E-state index is 0.351. The molecule has 1 atom stereocenters. The average Bonchev–Trinajstić information content (AvgIpc) is 2.66. The van der Waals surface area contributed by atoms with Gasteiger partial charge in [0.15, 0.2) is 0 Å². The van der Waals surface area contributed by atoms with E-state index in [9.17, 15) is 4.79 Å². The first-order valence-electron chi connectivity index (χ1n) is 8.93. The van der Waals surface area contributed by atoms with Gasteiger partial charge >= 0.3 is 0 Å². The van der Waals surface area contributed by atoms with E-state index in [1.165, 1.54) is 32.4 Å². The Bertz CT molecular complexity index is 681. The van der Waals surface area contributed by atoms with E-state index in [4.69, 9.17) is 16.3 Å². The van der Waals surface area contributed by atoms with Crippen LogP contribution in [-0.2, 0) is 4.79 Å². The zero-order chi connectivity index (χ0) is 17.5. The van der Waals surface area contributed by atoms with Crippen LogP contribution in [0.25, 0.3) is 0 Å². The summed E-state index contributed by atoms with van der Waals surface area (Å²) < 4.78 is 5.85. The number of likely N-dealkylation sites (tertiary alicyclic amines) is 1. The lowest BCUT2D eigenvalue weighted by molar-refractivity contribution is -0.108. The number of hydrogen-bond acceptors (Lipinski definition) is 3. The number of carbonyl (C=O) groups excluding carboxylic acids is 1. The van der Waals surface area contributed by atoms with Gasteiger partial charge in [-0.1, -0.05) is 48.4 Å². The highest BCUT2D eigenvalue weighted by Crippen LogP contribution is 2.29. The molecule has 1 fully saturated rings. The highest BCUT2D eigenvalue weighted by molar-refractivity contribution is 6.31. The fraction of sp³-hybridized carbons (Fsp3) is 0.381. The number of hydrogen-bond donors (Lipinski definition) is 0. The molecule has 1 saturated heterocycles. The Morgan fingerprint density at radius 3 is 2.44 bits per heavy atom.